The number of hydrogen-bond donors (Lipinski definition) is 2. The number of aryl methyl sites for hydroxylation is 1. The molecule has 2 aromatic heterocycles. The van der Waals surface area contributed by atoms with Crippen molar-refractivity contribution < 1.29 is 9.90 Å². The largest absolute Gasteiger partial charge is 0.394 e. The molecule has 2 rings (SSSR count). The van der Waals surface area contributed by atoms with Gasteiger partial charge < -0.3 is 15.0 Å². The van der Waals surface area contributed by atoms with Gasteiger partial charge in [-0.1, -0.05) is 6.07 Å². The maximum atomic E-state index is 12.4. The first-order valence-corrected chi connectivity index (χ1v) is 7.84. The predicted octanol–water partition coefficient (Wildman–Crippen LogP) is 2.72. The Kier molecular flexibility index (Phi) is 4.54. The summed E-state index contributed by atoms with van der Waals surface area (Å²) < 4.78 is 2.15. The Hall–Kier alpha value is -1.59. The van der Waals surface area contributed by atoms with Crippen molar-refractivity contribution in [2.45, 2.75) is 39.8 Å². The quantitative estimate of drug-likeness (QED) is 0.892. The van der Waals surface area contributed by atoms with E-state index in [2.05, 4.69) is 21.3 Å². The third-order valence-electron chi connectivity index (χ3n) is 3.56. The van der Waals surface area contributed by atoms with Crippen molar-refractivity contribution in [2.75, 3.05) is 6.61 Å². The van der Waals surface area contributed by atoms with Crippen LogP contribution in [0.5, 0.6) is 0 Å². The van der Waals surface area contributed by atoms with Crippen molar-refractivity contribution in [1.82, 2.24) is 9.88 Å². The first-order valence-electron chi connectivity index (χ1n) is 6.96. The number of nitrogens with one attached hydrogen (secondary N) is 1. The Morgan fingerprint density at radius 3 is 2.71 bits per heavy atom. The van der Waals surface area contributed by atoms with Crippen LogP contribution in [-0.4, -0.2) is 27.7 Å². The van der Waals surface area contributed by atoms with Gasteiger partial charge in [-0.3, -0.25) is 4.79 Å². The van der Waals surface area contributed by atoms with Gasteiger partial charge in [-0.15, -0.1) is 11.3 Å². The molecule has 0 saturated heterocycles. The number of hydrogen-bond acceptors (Lipinski definition) is 3. The minimum Gasteiger partial charge on any atom is -0.394 e. The summed E-state index contributed by atoms with van der Waals surface area (Å²) in [5.41, 5.74) is 2.07. The molecule has 0 unspecified atom stereocenters. The smallest absolute Gasteiger partial charge is 0.253 e. The monoisotopic (exact) mass is 306 g/mol. The highest BCUT2D eigenvalue weighted by molar-refractivity contribution is 7.09. The highest BCUT2D eigenvalue weighted by Gasteiger charge is 2.23. The highest BCUT2D eigenvalue weighted by atomic mass is 32.1. The minimum atomic E-state index is -0.618. The van der Waals surface area contributed by atoms with Crippen LogP contribution in [0.25, 0.3) is 0 Å². The van der Waals surface area contributed by atoms with E-state index < -0.39 is 5.54 Å². The van der Waals surface area contributed by atoms with E-state index in [4.69, 9.17) is 0 Å². The van der Waals surface area contributed by atoms with Crippen LogP contribution in [-0.2, 0) is 6.54 Å². The molecule has 21 heavy (non-hydrogen) atoms. The molecule has 4 nitrogen and oxygen atoms in total. The molecule has 2 N–H and O–H groups in total. The summed E-state index contributed by atoms with van der Waals surface area (Å²) in [4.78, 5) is 13.6. The van der Waals surface area contributed by atoms with Crippen molar-refractivity contribution in [2.24, 2.45) is 0 Å². The summed E-state index contributed by atoms with van der Waals surface area (Å²) in [6.07, 6.45) is 0. The molecule has 0 aliphatic rings. The fourth-order valence-electron chi connectivity index (χ4n) is 2.25. The Morgan fingerprint density at radius 1 is 1.43 bits per heavy atom. The third kappa shape index (κ3) is 3.54. The summed E-state index contributed by atoms with van der Waals surface area (Å²) >= 11 is 1.71. The van der Waals surface area contributed by atoms with E-state index >= 15 is 0 Å². The lowest BCUT2D eigenvalue weighted by atomic mass is 10.1. The second-order valence-corrected chi connectivity index (χ2v) is 6.98. The van der Waals surface area contributed by atoms with E-state index in [1.54, 1.807) is 25.2 Å². The molecule has 1 amide bonds. The van der Waals surface area contributed by atoms with Crippen LogP contribution in [0.4, 0.5) is 0 Å². The summed E-state index contributed by atoms with van der Waals surface area (Å²) in [6.45, 7) is 8.26. The van der Waals surface area contributed by atoms with Crippen molar-refractivity contribution >= 4 is 17.2 Å². The normalized spacial score (nSPS) is 11.7. The standard InChI is InChI=1S/C16H22N2O2S/c1-11-8-14(15(20)17-16(3,4)10-19)12(2)18(11)9-13-6-5-7-21-13/h5-8,19H,9-10H2,1-4H3,(H,17,20). The number of thiophene rings is 1. The van der Waals surface area contributed by atoms with Crippen molar-refractivity contribution in [3.05, 3.63) is 45.4 Å². The van der Waals surface area contributed by atoms with Crippen molar-refractivity contribution in [1.29, 1.82) is 0 Å². The highest BCUT2D eigenvalue weighted by Crippen LogP contribution is 2.19. The number of amides is 1. The summed E-state index contributed by atoms with van der Waals surface area (Å²) in [7, 11) is 0. The molecule has 5 heteroatoms. The number of rotatable bonds is 5. The lowest BCUT2D eigenvalue weighted by Gasteiger charge is -2.23. The molecule has 0 radical (unpaired) electrons. The van der Waals surface area contributed by atoms with Gasteiger partial charge in [0, 0.05) is 16.3 Å². The first kappa shape index (κ1) is 15.8. The van der Waals surface area contributed by atoms with E-state index in [0.717, 1.165) is 17.9 Å². The van der Waals surface area contributed by atoms with Crippen molar-refractivity contribution in [3.63, 3.8) is 0 Å². The van der Waals surface area contributed by atoms with Crippen LogP contribution in [0.1, 0.15) is 40.5 Å². The first-order chi connectivity index (χ1) is 9.84. The molecule has 0 aliphatic heterocycles. The second-order valence-electron chi connectivity index (χ2n) is 5.95. The molecule has 0 fully saturated rings. The van der Waals surface area contributed by atoms with Gasteiger partial charge in [0.2, 0.25) is 0 Å². The van der Waals surface area contributed by atoms with Gasteiger partial charge in [0.15, 0.2) is 0 Å². The summed E-state index contributed by atoms with van der Waals surface area (Å²) in [5, 5.41) is 14.2. The average molecular weight is 306 g/mol. The zero-order chi connectivity index (χ0) is 15.6. The van der Waals surface area contributed by atoms with E-state index in [1.165, 1.54) is 4.88 Å². The van der Waals surface area contributed by atoms with Crippen LogP contribution in [0.15, 0.2) is 23.6 Å². The molecule has 0 aliphatic carbocycles. The Morgan fingerprint density at radius 2 is 2.14 bits per heavy atom. The lowest BCUT2D eigenvalue weighted by Crippen LogP contribution is -2.46. The minimum absolute atomic E-state index is 0.0906. The van der Waals surface area contributed by atoms with E-state index in [1.807, 2.05) is 26.0 Å². The maximum absolute atomic E-state index is 12.4. The second kappa shape index (κ2) is 6.03. The lowest BCUT2D eigenvalue weighted by molar-refractivity contribution is 0.0868. The van der Waals surface area contributed by atoms with Gasteiger partial charge in [0.05, 0.1) is 24.3 Å². The van der Waals surface area contributed by atoms with E-state index in [-0.39, 0.29) is 12.5 Å². The maximum Gasteiger partial charge on any atom is 0.253 e. The Bertz CT molecular complexity index is 627. The molecule has 0 saturated carbocycles. The zero-order valence-corrected chi connectivity index (χ0v) is 13.8. The molecule has 114 valence electrons. The topological polar surface area (TPSA) is 54.3 Å². The molecular formula is C16H22N2O2S. The fraction of sp³-hybridized carbons (Fsp3) is 0.438. The van der Waals surface area contributed by atoms with E-state index in [0.29, 0.717) is 5.56 Å². The van der Waals surface area contributed by atoms with Gasteiger partial charge in [0.1, 0.15) is 0 Å². The zero-order valence-electron chi connectivity index (χ0n) is 12.9. The number of aromatic nitrogens is 1. The molecule has 0 atom stereocenters. The third-order valence-corrected chi connectivity index (χ3v) is 4.42. The predicted molar refractivity (Wildman–Crippen MR) is 86.0 cm³/mol. The van der Waals surface area contributed by atoms with Crippen LogP contribution in [0, 0.1) is 13.8 Å². The molecule has 0 bridgehead atoms. The fourth-order valence-corrected chi connectivity index (χ4v) is 2.94. The van der Waals surface area contributed by atoms with Crippen LogP contribution >= 0.6 is 11.3 Å². The Labute approximate surface area is 129 Å². The number of carbonyl (C=O) groups excluding carboxylic acids is 1. The van der Waals surface area contributed by atoms with Gasteiger partial charge in [-0.2, -0.15) is 0 Å². The summed E-state index contributed by atoms with van der Waals surface area (Å²) in [5.74, 6) is -0.139. The van der Waals surface area contributed by atoms with Gasteiger partial charge >= 0.3 is 0 Å². The van der Waals surface area contributed by atoms with Crippen LogP contribution in [0.2, 0.25) is 0 Å². The average Bonchev–Trinajstić information content (AvgIpc) is 3.02. The molecule has 0 aromatic carbocycles. The number of aliphatic hydroxyl groups is 1. The number of aliphatic hydroxyl groups excluding tert-OH is 1. The number of nitrogens with zero attached hydrogens (tertiary/aromatic N) is 1. The van der Waals surface area contributed by atoms with Crippen molar-refractivity contribution in [3.8, 4) is 0 Å². The van der Waals surface area contributed by atoms with E-state index in [9.17, 15) is 9.90 Å². The number of carbonyl (C=O) groups is 1. The molecule has 2 aromatic rings. The SMILES string of the molecule is Cc1cc(C(=O)NC(C)(C)CO)c(C)n1Cc1cccs1. The molecule has 2 heterocycles. The van der Waals surface area contributed by atoms with Gasteiger partial charge in [-0.05, 0) is 45.2 Å². The van der Waals surface area contributed by atoms with Crippen LogP contribution < -0.4 is 5.32 Å². The van der Waals surface area contributed by atoms with Gasteiger partial charge in [0.25, 0.3) is 5.91 Å². The van der Waals surface area contributed by atoms with Crippen LogP contribution in [0.3, 0.4) is 0 Å². The van der Waals surface area contributed by atoms with Gasteiger partial charge in [-0.25, -0.2) is 0 Å². The molecular weight excluding hydrogens is 284 g/mol. The Balaban J connectivity index is 2.24. The summed E-state index contributed by atoms with van der Waals surface area (Å²) in [6, 6.07) is 6.04. The molecule has 0 spiro atoms.